The van der Waals surface area contributed by atoms with Gasteiger partial charge in [0.1, 0.15) is 6.04 Å². The van der Waals surface area contributed by atoms with Crippen LogP contribution in [0.5, 0.6) is 0 Å². The lowest BCUT2D eigenvalue weighted by atomic mass is 9.83. The van der Waals surface area contributed by atoms with E-state index in [1.165, 1.54) is 4.90 Å². The Labute approximate surface area is 128 Å². The molecule has 2 aliphatic heterocycles. The van der Waals surface area contributed by atoms with Crippen molar-refractivity contribution in [1.82, 2.24) is 10.2 Å². The summed E-state index contributed by atoms with van der Waals surface area (Å²) in [5.41, 5.74) is 5.38. The standard InChI is InChI=1S/C15H24F3N3O/c1-21-8-10(2-3-12(21)15(16,17)18)11-7-14(11)6-9(13(19)22)4-5-20-14/h9-12,20H,2-8H2,1H3,(H2,19,22)/t9?,10-,11?,12-,14?/m1/s1. The second-order valence-corrected chi connectivity index (χ2v) is 7.32. The van der Waals surface area contributed by atoms with Crippen molar-refractivity contribution in [3.8, 4) is 0 Å². The largest absolute Gasteiger partial charge is 0.404 e. The maximum absolute atomic E-state index is 12.9. The molecule has 3 aliphatic rings. The lowest BCUT2D eigenvalue weighted by Gasteiger charge is -2.40. The number of piperidine rings is 2. The van der Waals surface area contributed by atoms with Crippen LogP contribution in [0.25, 0.3) is 0 Å². The number of rotatable bonds is 2. The van der Waals surface area contributed by atoms with Crippen molar-refractivity contribution in [1.29, 1.82) is 0 Å². The lowest BCUT2D eigenvalue weighted by molar-refractivity contribution is -0.191. The summed E-state index contributed by atoms with van der Waals surface area (Å²) in [6.07, 6.45) is -0.867. The average Bonchev–Trinajstić information content (AvgIpc) is 3.10. The Hall–Kier alpha value is -0.820. The number of alkyl halides is 3. The molecule has 1 aliphatic carbocycles. The maximum atomic E-state index is 12.9. The monoisotopic (exact) mass is 319 g/mol. The molecular weight excluding hydrogens is 295 g/mol. The highest BCUT2D eigenvalue weighted by Crippen LogP contribution is 2.56. The molecule has 126 valence electrons. The molecule has 0 radical (unpaired) electrons. The number of hydrogen-bond acceptors (Lipinski definition) is 3. The first-order valence-electron chi connectivity index (χ1n) is 8.04. The van der Waals surface area contributed by atoms with Gasteiger partial charge >= 0.3 is 6.18 Å². The Balaban J connectivity index is 1.60. The number of primary amides is 1. The zero-order valence-electron chi connectivity index (χ0n) is 12.8. The number of halogens is 3. The highest BCUT2D eigenvalue weighted by atomic mass is 19.4. The van der Waals surface area contributed by atoms with Crippen molar-refractivity contribution in [2.75, 3.05) is 20.1 Å². The van der Waals surface area contributed by atoms with Crippen LogP contribution in [0.15, 0.2) is 0 Å². The Bertz CT molecular complexity index is 456. The van der Waals surface area contributed by atoms with Crippen molar-refractivity contribution in [2.24, 2.45) is 23.5 Å². The average molecular weight is 319 g/mol. The molecular formula is C15H24F3N3O. The van der Waals surface area contributed by atoms with Crippen LogP contribution in [-0.2, 0) is 4.79 Å². The van der Waals surface area contributed by atoms with Crippen LogP contribution < -0.4 is 11.1 Å². The normalized spacial score (nSPS) is 43.3. The van der Waals surface area contributed by atoms with Crippen LogP contribution in [0.3, 0.4) is 0 Å². The first-order valence-corrected chi connectivity index (χ1v) is 8.04. The van der Waals surface area contributed by atoms with Gasteiger partial charge in [0.25, 0.3) is 0 Å². The second-order valence-electron chi connectivity index (χ2n) is 7.32. The van der Waals surface area contributed by atoms with E-state index >= 15 is 0 Å². The van der Waals surface area contributed by atoms with Gasteiger partial charge in [0.15, 0.2) is 0 Å². The minimum absolute atomic E-state index is 0.0471. The molecule has 2 saturated heterocycles. The molecule has 1 saturated carbocycles. The summed E-state index contributed by atoms with van der Waals surface area (Å²) in [4.78, 5) is 12.9. The van der Waals surface area contributed by atoms with E-state index in [9.17, 15) is 18.0 Å². The fraction of sp³-hybridized carbons (Fsp3) is 0.933. The molecule has 4 nitrogen and oxygen atoms in total. The number of hydrogen-bond donors (Lipinski definition) is 2. The third kappa shape index (κ3) is 2.85. The number of likely N-dealkylation sites (tertiary alicyclic amines) is 1. The van der Waals surface area contributed by atoms with E-state index in [1.807, 2.05) is 0 Å². The van der Waals surface area contributed by atoms with Gasteiger partial charge in [-0.1, -0.05) is 0 Å². The number of carbonyl (C=O) groups excluding carboxylic acids is 1. The summed E-state index contributed by atoms with van der Waals surface area (Å²) in [6.45, 7) is 1.26. The van der Waals surface area contributed by atoms with Crippen molar-refractivity contribution in [3.63, 3.8) is 0 Å². The number of carbonyl (C=O) groups is 1. The number of nitrogens with zero attached hydrogens (tertiary/aromatic N) is 1. The van der Waals surface area contributed by atoms with Gasteiger partial charge in [-0.2, -0.15) is 13.2 Å². The number of amides is 1. The van der Waals surface area contributed by atoms with Crippen LogP contribution in [0.1, 0.15) is 32.1 Å². The molecule has 0 aromatic heterocycles. The summed E-state index contributed by atoms with van der Waals surface area (Å²) in [5, 5.41) is 3.51. The van der Waals surface area contributed by atoms with E-state index in [-0.39, 0.29) is 29.7 Å². The van der Waals surface area contributed by atoms with Crippen molar-refractivity contribution in [3.05, 3.63) is 0 Å². The molecule has 3 N–H and O–H groups in total. The van der Waals surface area contributed by atoms with Crippen LogP contribution in [0.2, 0.25) is 0 Å². The summed E-state index contributed by atoms with van der Waals surface area (Å²) in [5.74, 6) is 0.328. The van der Waals surface area contributed by atoms with Crippen LogP contribution >= 0.6 is 0 Å². The van der Waals surface area contributed by atoms with Crippen molar-refractivity contribution >= 4 is 5.91 Å². The van der Waals surface area contributed by atoms with Gasteiger partial charge in [-0.25, -0.2) is 0 Å². The van der Waals surface area contributed by atoms with Gasteiger partial charge in [-0.3, -0.25) is 9.69 Å². The van der Waals surface area contributed by atoms with E-state index in [1.54, 1.807) is 7.05 Å². The smallest absolute Gasteiger partial charge is 0.369 e. The van der Waals surface area contributed by atoms with Crippen LogP contribution in [0.4, 0.5) is 13.2 Å². The minimum atomic E-state index is -4.14. The zero-order valence-corrected chi connectivity index (χ0v) is 12.8. The number of nitrogens with one attached hydrogen (secondary N) is 1. The molecule has 5 atom stereocenters. The molecule has 7 heteroatoms. The van der Waals surface area contributed by atoms with E-state index in [2.05, 4.69) is 5.32 Å². The first kappa shape index (κ1) is 16.1. The lowest BCUT2D eigenvalue weighted by Crippen LogP contribution is -2.51. The molecule has 0 aromatic carbocycles. The predicted molar refractivity (Wildman–Crippen MR) is 76.0 cm³/mol. The Morgan fingerprint density at radius 1 is 1.27 bits per heavy atom. The summed E-state index contributed by atoms with van der Waals surface area (Å²) in [7, 11) is 1.57. The van der Waals surface area contributed by atoms with E-state index < -0.39 is 12.2 Å². The van der Waals surface area contributed by atoms with Crippen molar-refractivity contribution < 1.29 is 18.0 Å². The maximum Gasteiger partial charge on any atom is 0.404 e. The number of nitrogens with two attached hydrogens (primary N) is 1. The van der Waals surface area contributed by atoms with E-state index in [0.717, 1.165) is 25.8 Å². The van der Waals surface area contributed by atoms with Crippen LogP contribution in [-0.4, -0.2) is 48.7 Å². The van der Waals surface area contributed by atoms with E-state index in [0.29, 0.717) is 18.9 Å². The molecule has 3 unspecified atom stereocenters. The highest BCUT2D eigenvalue weighted by Gasteiger charge is 2.60. The third-order valence-corrected chi connectivity index (χ3v) is 5.93. The highest BCUT2D eigenvalue weighted by molar-refractivity contribution is 5.77. The van der Waals surface area contributed by atoms with Gasteiger partial charge < -0.3 is 11.1 Å². The first-order chi connectivity index (χ1) is 10.2. The third-order valence-electron chi connectivity index (χ3n) is 5.93. The zero-order chi connectivity index (χ0) is 16.1. The topological polar surface area (TPSA) is 58.4 Å². The SMILES string of the molecule is CN1C[C@H](C2CC23CC(C(N)=O)CCN3)CC[C@@H]1C(F)(F)F. The summed E-state index contributed by atoms with van der Waals surface area (Å²) >= 11 is 0. The van der Waals surface area contributed by atoms with Gasteiger partial charge in [-0.05, 0) is 57.5 Å². The summed E-state index contributed by atoms with van der Waals surface area (Å²) in [6, 6.07) is -1.31. The molecule has 1 spiro atoms. The Morgan fingerprint density at radius 3 is 2.59 bits per heavy atom. The predicted octanol–water partition coefficient (Wildman–Crippen LogP) is 1.50. The molecule has 2 heterocycles. The fourth-order valence-electron chi connectivity index (χ4n) is 4.66. The molecule has 1 amide bonds. The molecule has 22 heavy (non-hydrogen) atoms. The molecule has 0 bridgehead atoms. The van der Waals surface area contributed by atoms with Crippen molar-refractivity contribution in [2.45, 2.75) is 49.9 Å². The van der Waals surface area contributed by atoms with Gasteiger partial charge in [0.2, 0.25) is 5.91 Å². The summed E-state index contributed by atoms with van der Waals surface area (Å²) < 4.78 is 38.8. The van der Waals surface area contributed by atoms with Crippen LogP contribution in [0, 0.1) is 17.8 Å². The Kier molecular flexibility index (Phi) is 3.92. The molecule has 3 rings (SSSR count). The fourth-order valence-corrected chi connectivity index (χ4v) is 4.66. The minimum Gasteiger partial charge on any atom is -0.369 e. The van der Waals surface area contributed by atoms with Gasteiger partial charge in [0.05, 0.1) is 0 Å². The van der Waals surface area contributed by atoms with E-state index in [4.69, 9.17) is 5.73 Å². The molecule has 0 aromatic rings. The Morgan fingerprint density at radius 2 is 2.00 bits per heavy atom. The quantitative estimate of drug-likeness (QED) is 0.811. The van der Waals surface area contributed by atoms with Gasteiger partial charge in [-0.15, -0.1) is 0 Å². The second kappa shape index (κ2) is 5.37. The van der Waals surface area contributed by atoms with Gasteiger partial charge in [0, 0.05) is 18.0 Å². The molecule has 3 fully saturated rings.